The molecule has 210 valence electrons. The van der Waals surface area contributed by atoms with Gasteiger partial charge in [0.1, 0.15) is 0 Å². The van der Waals surface area contributed by atoms with Gasteiger partial charge in [0.05, 0.1) is 13.2 Å². The van der Waals surface area contributed by atoms with Crippen LogP contribution < -0.4 is 21.3 Å². The monoisotopic (exact) mass is 514 g/mol. The predicted octanol–water partition coefficient (Wildman–Crippen LogP) is 4.79. The second-order valence-electron chi connectivity index (χ2n) is 12.5. The fourth-order valence-electron chi connectivity index (χ4n) is 6.62. The third-order valence-corrected chi connectivity index (χ3v) is 8.66. The van der Waals surface area contributed by atoms with Crippen molar-refractivity contribution in [3.8, 4) is 0 Å². The molecule has 0 aliphatic carbocycles. The number of rotatable bonds is 15. The molecule has 3 heterocycles. The number of anilines is 1. The minimum absolute atomic E-state index is 0.512. The van der Waals surface area contributed by atoms with Crippen molar-refractivity contribution < 1.29 is 9.47 Å². The summed E-state index contributed by atoms with van der Waals surface area (Å²) < 4.78 is 12.2. The average Bonchev–Trinajstić information content (AvgIpc) is 3.62. The molecule has 0 radical (unpaired) electrons. The molecule has 3 saturated heterocycles. The van der Waals surface area contributed by atoms with E-state index in [4.69, 9.17) is 9.47 Å². The van der Waals surface area contributed by atoms with Crippen LogP contribution in [0.25, 0.3) is 0 Å². The topological polar surface area (TPSA) is 66.6 Å². The highest BCUT2D eigenvalue weighted by atomic mass is 16.5. The van der Waals surface area contributed by atoms with Gasteiger partial charge < -0.3 is 30.7 Å². The van der Waals surface area contributed by atoms with Crippen LogP contribution in [0.5, 0.6) is 0 Å². The molecular formula is C31H54N4O2. The van der Waals surface area contributed by atoms with E-state index in [1.807, 2.05) is 0 Å². The lowest BCUT2D eigenvalue weighted by Crippen LogP contribution is -2.36. The SMILES string of the molecule is Cc1cccc(C)c1NC[C@@H]1CCC(CC(C)COC[C@@H]2CCC(CC(C)COC[C@@H]3CCCN3)N2)N1. The van der Waals surface area contributed by atoms with E-state index in [9.17, 15) is 0 Å². The summed E-state index contributed by atoms with van der Waals surface area (Å²) in [6, 6.07) is 9.40. The number of aryl methyl sites for hydroxylation is 2. The van der Waals surface area contributed by atoms with Gasteiger partial charge in [0.25, 0.3) is 0 Å². The summed E-state index contributed by atoms with van der Waals surface area (Å²) in [6.07, 6.45) is 10.00. The van der Waals surface area contributed by atoms with Crippen molar-refractivity contribution in [3.05, 3.63) is 29.3 Å². The Hall–Kier alpha value is -1.18. The van der Waals surface area contributed by atoms with E-state index in [1.165, 1.54) is 68.2 Å². The Morgan fingerprint density at radius 2 is 1.35 bits per heavy atom. The Kier molecular flexibility index (Phi) is 11.6. The maximum atomic E-state index is 6.19. The normalized spacial score (nSPS) is 29.6. The first-order valence-electron chi connectivity index (χ1n) is 15.2. The Morgan fingerprint density at radius 3 is 1.97 bits per heavy atom. The van der Waals surface area contributed by atoms with Crippen LogP contribution in [0.1, 0.15) is 76.3 Å². The van der Waals surface area contributed by atoms with Crippen molar-refractivity contribution in [1.82, 2.24) is 16.0 Å². The van der Waals surface area contributed by atoms with Gasteiger partial charge in [0.15, 0.2) is 0 Å². The lowest BCUT2D eigenvalue weighted by Gasteiger charge is -2.21. The molecule has 7 atom stereocenters. The summed E-state index contributed by atoms with van der Waals surface area (Å²) in [5.74, 6) is 1.20. The van der Waals surface area contributed by atoms with Crippen molar-refractivity contribution in [2.24, 2.45) is 11.8 Å². The molecule has 3 fully saturated rings. The van der Waals surface area contributed by atoms with Crippen LogP contribution in [0.15, 0.2) is 18.2 Å². The zero-order chi connectivity index (χ0) is 26.0. The third-order valence-electron chi connectivity index (χ3n) is 8.66. The Morgan fingerprint density at radius 1 is 0.784 bits per heavy atom. The number of ether oxygens (including phenoxy) is 2. The molecule has 0 aromatic heterocycles. The van der Waals surface area contributed by atoms with Gasteiger partial charge in [-0.05, 0) is 94.7 Å². The molecule has 4 unspecified atom stereocenters. The van der Waals surface area contributed by atoms with Crippen LogP contribution in [0.4, 0.5) is 5.69 Å². The van der Waals surface area contributed by atoms with Gasteiger partial charge in [0.2, 0.25) is 0 Å². The fraction of sp³-hybridized carbons (Fsp3) is 0.806. The summed E-state index contributed by atoms with van der Waals surface area (Å²) in [4.78, 5) is 0. The van der Waals surface area contributed by atoms with E-state index in [0.29, 0.717) is 42.0 Å². The molecular weight excluding hydrogens is 460 g/mol. The van der Waals surface area contributed by atoms with E-state index in [1.54, 1.807) is 0 Å². The maximum Gasteiger partial charge on any atom is 0.0619 e. The van der Waals surface area contributed by atoms with Crippen molar-refractivity contribution in [2.45, 2.75) is 109 Å². The van der Waals surface area contributed by atoms with E-state index < -0.39 is 0 Å². The number of benzene rings is 1. The summed E-state index contributed by atoms with van der Waals surface area (Å²) in [5, 5.41) is 14.9. The largest absolute Gasteiger partial charge is 0.383 e. The molecule has 0 bridgehead atoms. The molecule has 6 nitrogen and oxygen atoms in total. The first-order valence-corrected chi connectivity index (χ1v) is 15.2. The van der Waals surface area contributed by atoms with Gasteiger partial charge in [-0.1, -0.05) is 32.0 Å². The number of para-hydroxylation sites is 1. The van der Waals surface area contributed by atoms with Crippen LogP contribution in [0, 0.1) is 25.7 Å². The molecule has 3 aliphatic rings. The van der Waals surface area contributed by atoms with Crippen molar-refractivity contribution in [3.63, 3.8) is 0 Å². The molecule has 1 aromatic carbocycles. The third kappa shape index (κ3) is 9.50. The van der Waals surface area contributed by atoms with Crippen LogP contribution in [0.2, 0.25) is 0 Å². The lowest BCUT2D eigenvalue weighted by molar-refractivity contribution is 0.0788. The molecule has 6 heteroatoms. The van der Waals surface area contributed by atoms with Gasteiger partial charge in [-0.2, -0.15) is 0 Å². The molecule has 4 rings (SSSR count). The molecule has 0 saturated carbocycles. The van der Waals surface area contributed by atoms with Crippen LogP contribution >= 0.6 is 0 Å². The van der Waals surface area contributed by atoms with Crippen molar-refractivity contribution >= 4 is 5.69 Å². The predicted molar refractivity (Wildman–Crippen MR) is 155 cm³/mol. The minimum Gasteiger partial charge on any atom is -0.383 e. The summed E-state index contributed by atoms with van der Waals surface area (Å²) in [6.45, 7) is 14.7. The van der Waals surface area contributed by atoms with E-state index in [0.717, 1.165) is 39.5 Å². The minimum atomic E-state index is 0.512. The van der Waals surface area contributed by atoms with Gasteiger partial charge in [-0.3, -0.25) is 0 Å². The Balaban J connectivity index is 1.03. The van der Waals surface area contributed by atoms with Gasteiger partial charge in [0, 0.05) is 55.7 Å². The maximum absolute atomic E-state index is 6.19. The summed E-state index contributed by atoms with van der Waals surface area (Å²) >= 11 is 0. The van der Waals surface area contributed by atoms with Crippen LogP contribution in [-0.4, -0.2) is 69.7 Å². The van der Waals surface area contributed by atoms with Gasteiger partial charge in [-0.15, -0.1) is 0 Å². The zero-order valence-electron chi connectivity index (χ0n) is 24.0. The molecule has 1 aromatic rings. The Bertz CT molecular complexity index is 779. The average molecular weight is 515 g/mol. The molecule has 37 heavy (non-hydrogen) atoms. The Labute approximate surface area is 226 Å². The summed E-state index contributed by atoms with van der Waals surface area (Å²) in [5.41, 5.74) is 3.97. The quantitative estimate of drug-likeness (QED) is 0.270. The second kappa shape index (κ2) is 14.8. The highest BCUT2D eigenvalue weighted by molar-refractivity contribution is 5.56. The van der Waals surface area contributed by atoms with Crippen LogP contribution in [-0.2, 0) is 9.47 Å². The van der Waals surface area contributed by atoms with Crippen LogP contribution in [0.3, 0.4) is 0 Å². The number of hydrogen-bond acceptors (Lipinski definition) is 6. The molecule has 3 aliphatic heterocycles. The lowest BCUT2D eigenvalue weighted by atomic mass is 10.0. The van der Waals surface area contributed by atoms with E-state index in [-0.39, 0.29) is 0 Å². The summed E-state index contributed by atoms with van der Waals surface area (Å²) in [7, 11) is 0. The van der Waals surface area contributed by atoms with Crippen molar-refractivity contribution in [1.29, 1.82) is 0 Å². The van der Waals surface area contributed by atoms with E-state index in [2.05, 4.69) is 67.2 Å². The first kappa shape index (κ1) is 28.8. The molecule has 0 amide bonds. The fourth-order valence-corrected chi connectivity index (χ4v) is 6.62. The number of hydrogen-bond donors (Lipinski definition) is 4. The highest BCUT2D eigenvalue weighted by Gasteiger charge is 2.27. The van der Waals surface area contributed by atoms with Crippen molar-refractivity contribution in [2.75, 3.05) is 44.8 Å². The zero-order valence-corrected chi connectivity index (χ0v) is 24.0. The molecule has 4 N–H and O–H groups in total. The standard InChI is InChI=1S/C31H54N4O2/c1-22(15-26-10-12-28(34-26)17-33-31-24(3)7-5-8-25(31)4)19-37-21-30-13-11-27(35-30)16-23(2)18-36-20-29-9-6-14-32-29/h5,7-8,22-23,26-30,32-35H,6,9-21H2,1-4H3/t22?,23?,26?,27?,28-,29-,30-/m0/s1. The highest BCUT2D eigenvalue weighted by Crippen LogP contribution is 2.23. The smallest absolute Gasteiger partial charge is 0.0619 e. The second-order valence-corrected chi connectivity index (χ2v) is 12.5. The first-order chi connectivity index (χ1) is 18.0. The number of nitrogens with one attached hydrogen (secondary N) is 4. The van der Waals surface area contributed by atoms with E-state index >= 15 is 0 Å². The molecule has 0 spiro atoms. The van der Waals surface area contributed by atoms with Gasteiger partial charge >= 0.3 is 0 Å². The van der Waals surface area contributed by atoms with Gasteiger partial charge in [-0.25, -0.2) is 0 Å².